The normalized spacial score (nSPS) is 9.75. The monoisotopic (exact) mass is 181 g/mol. The molecule has 4 heteroatoms. The molecule has 1 rings (SSSR count). The first-order valence-electron chi connectivity index (χ1n) is 3.68. The Balaban J connectivity index is 3.00. The van der Waals surface area contributed by atoms with Gasteiger partial charge in [-0.15, -0.1) is 11.8 Å². The molecule has 0 unspecified atom stereocenters. The molecule has 1 aromatic rings. The number of nitrogens with two attached hydrogens (primary N) is 1. The lowest BCUT2D eigenvalue weighted by Gasteiger charge is -2.03. The van der Waals surface area contributed by atoms with Gasteiger partial charge in [-0.3, -0.25) is 10.4 Å². The van der Waals surface area contributed by atoms with Crippen molar-refractivity contribution in [2.75, 3.05) is 5.75 Å². The van der Waals surface area contributed by atoms with E-state index in [9.17, 15) is 0 Å². The summed E-state index contributed by atoms with van der Waals surface area (Å²) in [7, 11) is 0. The predicted octanol–water partition coefficient (Wildman–Crippen LogP) is 1.48. The fraction of sp³-hybridized carbons (Fsp3) is 0.250. The minimum Gasteiger partial charge on any atom is -0.382 e. The summed E-state index contributed by atoms with van der Waals surface area (Å²) >= 11 is 1.65. The van der Waals surface area contributed by atoms with Crippen LogP contribution in [0.15, 0.2) is 23.2 Å². The van der Waals surface area contributed by atoms with E-state index >= 15 is 0 Å². The fourth-order valence-electron chi connectivity index (χ4n) is 0.865. The standard InChI is InChI=1S/C8H11N3S/c1-2-12-6-4-3-5-11-7(6)8(9)10/h3-5H,2H2,1H3,(H3,9,10). The molecule has 0 aromatic carbocycles. The van der Waals surface area contributed by atoms with Crippen LogP contribution in [0.3, 0.4) is 0 Å². The molecule has 0 fully saturated rings. The van der Waals surface area contributed by atoms with Gasteiger partial charge in [-0.05, 0) is 17.9 Å². The minimum absolute atomic E-state index is 0.0338. The van der Waals surface area contributed by atoms with E-state index in [0.29, 0.717) is 5.69 Å². The topological polar surface area (TPSA) is 62.8 Å². The maximum atomic E-state index is 7.26. The highest BCUT2D eigenvalue weighted by atomic mass is 32.2. The average molecular weight is 181 g/mol. The van der Waals surface area contributed by atoms with Crippen LogP contribution in [-0.2, 0) is 0 Å². The molecule has 0 aliphatic heterocycles. The van der Waals surface area contributed by atoms with Crippen LogP contribution in [0.5, 0.6) is 0 Å². The van der Waals surface area contributed by atoms with E-state index in [-0.39, 0.29) is 5.84 Å². The highest BCUT2D eigenvalue weighted by Gasteiger charge is 2.04. The van der Waals surface area contributed by atoms with Crippen LogP contribution in [0.4, 0.5) is 0 Å². The van der Waals surface area contributed by atoms with Gasteiger partial charge >= 0.3 is 0 Å². The number of nitrogens with one attached hydrogen (secondary N) is 1. The zero-order chi connectivity index (χ0) is 8.97. The Morgan fingerprint density at radius 1 is 1.75 bits per heavy atom. The number of rotatable bonds is 3. The molecule has 64 valence electrons. The number of aromatic nitrogens is 1. The lowest BCUT2D eigenvalue weighted by atomic mass is 10.3. The first kappa shape index (κ1) is 9.06. The molecule has 3 N–H and O–H groups in total. The fourth-order valence-corrected chi connectivity index (χ4v) is 1.65. The van der Waals surface area contributed by atoms with Crippen molar-refractivity contribution in [1.29, 1.82) is 5.41 Å². The molecule has 1 heterocycles. The van der Waals surface area contributed by atoms with E-state index < -0.39 is 0 Å². The summed E-state index contributed by atoms with van der Waals surface area (Å²) in [5.41, 5.74) is 5.94. The van der Waals surface area contributed by atoms with Crippen LogP contribution in [0.2, 0.25) is 0 Å². The zero-order valence-electron chi connectivity index (χ0n) is 6.87. The Kier molecular flexibility index (Phi) is 3.10. The summed E-state index contributed by atoms with van der Waals surface area (Å²) in [6.45, 7) is 2.06. The Labute approximate surface area is 75.9 Å². The smallest absolute Gasteiger partial charge is 0.142 e. The van der Waals surface area contributed by atoms with Gasteiger partial charge in [0.15, 0.2) is 0 Å². The molecular weight excluding hydrogens is 170 g/mol. The third-order valence-electron chi connectivity index (χ3n) is 1.33. The van der Waals surface area contributed by atoms with E-state index in [1.165, 1.54) is 0 Å². The molecule has 0 atom stereocenters. The van der Waals surface area contributed by atoms with Crippen molar-refractivity contribution in [2.24, 2.45) is 5.73 Å². The molecule has 0 saturated carbocycles. The van der Waals surface area contributed by atoms with Crippen molar-refractivity contribution in [3.8, 4) is 0 Å². The second-order valence-corrected chi connectivity index (χ2v) is 3.50. The van der Waals surface area contributed by atoms with Gasteiger partial charge in [0.05, 0.1) is 0 Å². The van der Waals surface area contributed by atoms with Gasteiger partial charge in [-0.1, -0.05) is 6.92 Å². The Morgan fingerprint density at radius 2 is 2.50 bits per heavy atom. The number of nitrogens with zero attached hydrogens (tertiary/aromatic N) is 1. The van der Waals surface area contributed by atoms with Crippen LogP contribution >= 0.6 is 11.8 Å². The molecule has 12 heavy (non-hydrogen) atoms. The first-order valence-corrected chi connectivity index (χ1v) is 4.66. The van der Waals surface area contributed by atoms with Crippen molar-refractivity contribution in [3.63, 3.8) is 0 Å². The Morgan fingerprint density at radius 3 is 3.08 bits per heavy atom. The van der Waals surface area contributed by atoms with Gasteiger partial charge in [0.2, 0.25) is 0 Å². The van der Waals surface area contributed by atoms with Crippen molar-refractivity contribution < 1.29 is 0 Å². The van der Waals surface area contributed by atoms with Crippen LogP contribution in [0.1, 0.15) is 12.6 Å². The number of pyridine rings is 1. The van der Waals surface area contributed by atoms with Gasteiger partial charge in [-0.2, -0.15) is 0 Å². The molecule has 0 amide bonds. The Bertz CT molecular complexity index is 285. The molecule has 3 nitrogen and oxygen atoms in total. The predicted molar refractivity (Wildman–Crippen MR) is 51.7 cm³/mol. The van der Waals surface area contributed by atoms with E-state index in [1.807, 2.05) is 12.1 Å². The number of amidine groups is 1. The summed E-state index contributed by atoms with van der Waals surface area (Å²) in [4.78, 5) is 5.01. The summed E-state index contributed by atoms with van der Waals surface area (Å²) in [6, 6.07) is 3.78. The molecule has 0 aliphatic rings. The summed E-state index contributed by atoms with van der Waals surface area (Å²) in [6.07, 6.45) is 1.65. The number of thioether (sulfide) groups is 1. The molecule has 0 spiro atoms. The van der Waals surface area contributed by atoms with E-state index in [2.05, 4.69) is 11.9 Å². The maximum absolute atomic E-state index is 7.26. The van der Waals surface area contributed by atoms with Gasteiger partial charge in [-0.25, -0.2) is 0 Å². The number of hydrogen-bond donors (Lipinski definition) is 2. The van der Waals surface area contributed by atoms with E-state index in [0.717, 1.165) is 10.6 Å². The lowest BCUT2D eigenvalue weighted by Crippen LogP contribution is -2.14. The third-order valence-corrected chi connectivity index (χ3v) is 2.25. The van der Waals surface area contributed by atoms with Gasteiger partial charge in [0, 0.05) is 11.1 Å². The molecule has 0 saturated heterocycles. The number of hydrogen-bond acceptors (Lipinski definition) is 3. The Hall–Kier alpha value is -1.03. The maximum Gasteiger partial charge on any atom is 0.142 e. The van der Waals surface area contributed by atoms with Crippen LogP contribution in [0, 0.1) is 5.41 Å². The first-order chi connectivity index (χ1) is 5.75. The van der Waals surface area contributed by atoms with Crippen molar-refractivity contribution in [2.45, 2.75) is 11.8 Å². The van der Waals surface area contributed by atoms with Crippen molar-refractivity contribution >= 4 is 17.6 Å². The SMILES string of the molecule is CCSc1cccnc1C(=N)N. The second kappa shape index (κ2) is 4.11. The largest absolute Gasteiger partial charge is 0.382 e. The van der Waals surface area contributed by atoms with Gasteiger partial charge < -0.3 is 5.73 Å². The van der Waals surface area contributed by atoms with Crippen LogP contribution in [-0.4, -0.2) is 16.6 Å². The van der Waals surface area contributed by atoms with E-state index in [4.69, 9.17) is 11.1 Å². The van der Waals surface area contributed by atoms with Crippen molar-refractivity contribution in [3.05, 3.63) is 24.0 Å². The molecule has 1 aromatic heterocycles. The van der Waals surface area contributed by atoms with Crippen LogP contribution in [0.25, 0.3) is 0 Å². The van der Waals surface area contributed by atoms with Gasteiger partial charge in [0.1, 0.15) is 11.5 Å². The third kappa shape index (κ3) is 1.98. The summed E-state index contributed by atoms with van der Waals surface area (Å²) in [5, 5.41) is 7.26. The van der Waals surface area contributed by atoms with Crippen molar-refractivity contribution in [1.82, 2.24) is 4.98 Å². The van der Waals surface area contributed by atoms with Crippen LogP contribution < -0.4 is 5.73 Å². The summed E-state index contributed by atoms with van der Waals surface area (Å²) in [5.74, 6) is 0.998. The highest BCUT2D eigenvalue weighted by molar-refractivity contribution is 7.99. The van der Waals surface area contributed by atoms with E-state index in [1.54, 1.807) is 18.0 Å². The molecular formula is C8H11N3S. The van der Waals surface area contributed by atoms with Gasteiger partial charge in [0.25, 0.3) is 0 Å². The second-order valence-electron chi connectivity index (χ2n) is 2.20. The average Bonchev–Trinajstić information content (AvgIpc) is 2.05. The lowest BCUT2D eigenvalue weighted by molar-refractivity contribution is 1.17. The minimum atomic E-state index is 0.0338. The quantitative estimate of drug-likeness (QED) is 0.422. The highest BCUT2D eigenvalue weighted by Crippen LogP contribution is 2.19. The zero-order valence-corrected chi connectivity index (χ0v) is 7.69. The molecule has 0 aliphatic carbocycles. The summed E-state index contributed by atoms with van der Waals surface area (Å²) < 4.78 is 0. The molecule has 0 radical (unpaired) electrons. The number of nitrogen functional groups attached to an aromatic ring is 1. The molecule has 0 bridgehead atoms.